The monoisotopic (exact) mass is 578 g/mol. The summed E-state index contributed by atoms with van der Waals surface area (Å²) in [5.41, 5.74) is 13.7. The number of furan rings is 1. The van der Waals surface area contributed by atoms with Crippen molar-refractivity contribution >= 4 is 61.4 Å². The fraction of sp³-hybridized carbons (Fsp3) is 0.0952. The molecule has 0 spiro atoms. The van der Waals surface area contributed by atoms with Gasteiger partial charge in [-0.3, -0.25) is 0 Å². The van der Waals surface area contributed by atoms with Gasteiger partial charge in [0.1, 0.15) is 11.3 Å². The number of para-hydroxylation sites is 3. The lowest BCUT2D eigenvalue weighted by Crippen LogP contribution is -2.00. The molecule has 0 fully saturated rings. The highest BCUT2D eigenvalue weighted by atomic mass is 16.3. The molecule has 45 heavy (non-hydrogen) atoms. The molecule has 0 aliphatic heterocycles. The quantitative estimate of drug-likeness (QED) is 0.204. The van der Waals surface area contributed by atoms with Crippen molar-refractivity contribution in [3.8, 4) is 11.4 Å². The first-order chi connectivity index (χ1) is 22.3. The van der Waals surface area contributed by atoms with Crippen molar-refractivity contribution in [2.24, 2.45) is 0 Å². The smallest absolute Gasteiger partial charge is 0.135 e. The number of nitrogens with zero attached hydrogens (tertiary/aromatic N) is 2. The molecule has 3 aromatic heterocycles. The summed E-state index contributed by atoms with van der Waals surface area (Å²) in [5, 5.41) is 5.11. The number of benzene rings is 5. The van der Waals surface area contributed by atoms with Crippen LogP contribution in [-0.4, -0.2) is 9.13 Å². The molecule has 3 nitrogen and oxygen atoms in total. The highest BCUT2D eigenvalue weighted by molar-refractivity contribution is 6.09. The summed E-state index contributed by atoms with van der Waals surface area (Å²) in [5.74, 6) is 1.09. The highest BCUT2D eigenvalue weighted by Crippen LogP contribution is 2.40. The van der Waals surface area contributed by atoms with E-state index in [0.29, 0.717) is 0 Å². The van der Waals surface area contributed by atoms with Crippen molar-refractivity contribution in [2.75, 3.05) is 0 Å². The fourth-order valence-electron chi connectivity index (χ4n) is 7.87. The van der Waals surface area contributed by atoms with Crippen molar-refractivity contribution in [2.45, 2.75) is 25.7 Å². The normalized spacial score (nSPS) is 14.4. The average molecular weight is 579 g/mol. The van der Waals surface area contributed by atoms with Crippen LogP contribution in [0.2, 0.25) is 0 Å². The Balaban J connectivity index is 1.11. The van der Waals surface area contributed by atoms with Crippen molar-refractivity contribution < 1.29 is 4.42 Å². The lowest BCUT2D eigenvalue weighted by Gasteiger charge is -2.15. The molecule has 0 amide bonds. The minimum absolute atomic E-state index is 0.898. The van der Waals surface area contributed by atoms with E-state index < -0.39 is 0 Å². The minimum atomic E-state index is 0.898. The summed E-state index contributed by atoms with van der Waals surface area (Å²) in [6.07, 6.45) is 11.0. The number of hydrogen-bond acceptors (Lipinski definition) is 1. The summed E-state index contributed by atoms with van der Waals surface area (Å²) >= 11 is 0. The van der Waals surface area contributed by atoms with E-state index in [1.54, 1.807) is 0 Å². The Hall–Kier alpha value is -5.54. The minimum Gasteiger partial charge on any atom is -0.460 e. The van der Waals surface area contributed by atoms with E-state index in [2.05, 4.69) is 143 Å². The zero-order chi connectivity index (χ0) is 29.5. The maximum Gasteiger partial charge on any atom is 0.135 e. The standard InChI is InChI=1S/C42H30N2O/c1-5-16-37-31(12-1)32-13-2-6-17-38(32)43(37)29-11-9-10-27(24-29)28-20-22-41-35(25-28)36-26-30(21-23-42(36)45-41)44-39-18-7-3-14-33(39)34-15-4-8-19-40(34)44/h1-3,5-14,16-19,21,23-26H,4,15,20,22H2. The van der Waals surface area contributed by atoms with Crippen LogP contribution < -0.4 is 0 Å². The third-order valence-electron chi connectivity index (χ3n) is 9.90. The molecule has 8 aromatic rings. The number of rotatable bonds is 3. The van der Waals surface area contributed by atoms with Gasteiger partial charge in [0.15, 0.2) is 0 Å². The topological polar surface area (TPSA) is 23.0 Å². The van der Waals surface area contributed by atoms with E-state index in [4.69, 9.17) is 4.42 Å². The third kappa shape index (κ3) is 3.64. The molecule has 0 atom stereocenters. The molecule has 10 rings (SSSR count). The van der Waals surface area contributed by atoms with E-state index in [9.17, 15) is 0 Å². The van der Waals surface area contributed by atoms with Gasteiger partial charge < -0.3 is 13.6 Å². The van der Waals surface area contributed by atoms with Gasteiger partial charge in [0.2, 0.25) is 0 Å². The van der Waals surface area contributed by atoms with Crippen molar-refractivity contribution in [3.05, 3.63) is 149 Å². The van der Waals surface area contributed by atoms with Crippen LogP contribution in [0.3, 0.4) is 0 Å². The Morgan fingerprint density at radius 2 is 1.27 bits per heavy atom. The van der Waals surface area contributed by atoms with E-state index in [1.165, 1.54) is 77.4 Å². The number of fused-ring (bicyclic) bond motifs is 9. The molecular weight excluding hydrogens is 548 g/mol. The van der Waals surface area contributed by atoms with Gasteiger partial charge in [0, 0.05) is 50.6 Å². The molecule has 0 saturated heterocycles. The van der Waals surface area contributed by atoms with Gasteiger partial charge in [-0.2, -0.15) is 0 Å². The summed E-state index contributed by atoms with van der Waals surface area (Å²) < 4.78 is 11.3. The van der Waals surface area contributed by atoms with Gasteiger partial charge in [0.25, 0.3) is 0 Å². The van der Waals surface area contributed by atoms with Crippen LogP contribution in [0.5, 0.6) is 0 Å². The zero-order valence-corrected chi connectivity index (χ0v) is 24.8. The second kappa shape index (κ2) is 9.48. The maximum absolute atomic E-state index is 6.45. The Kier molecular flexibility index (Phi) is 5.23. The second-order valence-corrected chi connectivity index (χ2v) is 12.4. The predicted molar refractivity (Wildman–Crippen MR) is 187 cm³/mol. The molecule has 0 saturated carbocycles. The first kappa shape index (κ1) is 24.9. The summed E-state index contributed by atoms with van der Waals surface area (Å²) in [4.78, 5) is 0. The number of aromatic nitrogens is 2. The van der Waals surface area contributed by atoms with Crippen LogP contribution in [0.4, 0.5) is 0 Å². The molecule has 0 unspecified atom stereocenters. The van der Waals surface area contributed by atoms with E-state index in [1.807, 2.05) is 0 Å². The summed E-state index contributed by atoms with van der Waals surface area (Å²) in [6.45, 7) is 0. The summed E-state index contributed by atoms with van der Waals surface area (Å²) in [7, 11) is 0. The van der Waals surface area contributed by atoms with Gasteiger partial charge >= 0.3 is 0 Å². The van der Waals surface area contributed by atoms with E-state index >= 15 is 0 Å². The first-order valence-electron chi connectivity index (χ1n) is 16.0. The van der Waals surface area contributed by atoms with Gasteiger partial charge in [-0.05, 0) is 96.6 Å². The predicted octanol–water partition coefficient (Wildman–Crippen LogP) is 10.9. The largest absolute Gasteiger partial charge is 0.460 e. The average Bonchev–Trinajstić information content (AvgIpc) is 3.75. The highest BCUT2D eigenvalue weighted by Gasteiger charge is 2.22. The van der Waals surface area contributed by atoms with Crippen molar-refractivity contribution in [1.29, 1.82) is 0 Å². The van der Waals surface area contributed by atoms with E-state index in [-0.39, 0.29) is 0 Å². The van der Waals surface area contributed by atoms with Crippen LogP contribution in [0.25, 0.3) is 72.8 Å². The van der Waals surface area contributed by atoms with Crippen LogP contribution in [0.1, 0.15) is 41.0 Å². The fourth-order valence-corrected chi connectivity index (χ4v) is 7.87. The Bertz CT molecular complexity index is 2490. The Morgan fingerprint density at radius 3 is 2.07 bits per heavy atom. The molecule has 0 radical (unpaired) electrons. The van der Waals surface area contributed by atoms with Gasteiger partial charge in [0.05, 0.1) is 16.6 Å². The van der Waals surface area contributed by atoms with Crippen LogP contribution in [0.15, 0.2) is 126 Å². The molecule has 5 aromatic carbocycles. The lowest BCUT2D eigenvalue weighted by molar-refractivity contribution is 0.548. The van der Waals surface area contributed by atoms with Crippen molar-refractivity contribution in [1.82, 2.24) is 9.13 Å². The van der Waals surface area contributed by atoms with Crippen LogP contribution >= 0.6 is 0 Å². The second-order valence-electron chi connectivity index (χ2n) is 12.4. The molecule has 0 bridgehead atoms. The van der Waals surface area contributed by atoms with Gasteiger partial charge in [-0.15, -0.1) is 0 Å². The lowest BCUT2D eigenvalue weighted by atomic mass is 9.91. The summed E-state index contributed by atoms with van der Waals surface area (Å²) in [6, 6.07) is 42.0. The van der Waals surface area contributed by atoms with Crippen molar-refractivity contribution in [3.63, 3.8) is 0 Å². The number of allylic oxidation sites excluding steroid dienone is 2. The molecule has 3 heteroatoms. The first-order valence-corrected chi connectivity index (χ1v) is 16.0. The van der Waals surface area contributed by atoms with Gasteiger partial charge in [-0.1, -0.05) is 72.8 Å². The SMILES string of the molecule is C1=Cc2c(c3ccccc3n2-c2ccc3oc4c(c3c2)C=C(c2cccc(-n3c5ccccc5c5ccccc53)c2)CC4)CC1. The molecular formula is C42H30N2O. The van der Waals surface area contributed by atoms with E-state index in [0.717, 1.165) is 37.0 Å². The maximum atomic E-state index is 6.45. The molecule has 2 aliphatic carbocycles. The van der Waals surface area contributed by atoms with Crippen LogP contribution in [0, 0.1) is 0 Å². The molecule has 0 N–H and O–H groups in total. The number of hydrogen-bond donors (Lipinski definition) is 0. The molecule has 214 valence electrons. The molecule has 2 aliphatic rings. The zero-order valence-electron chi connectivity index (χ0n) is 24.8. The Labute approximate surface area is 260 Å². The molecule has 3 heterocycles. The van der Waals surface area contributed by atoms with Gasteiger partial charge in [-0.25, -0.2) is 0 Å². The number of aryl methyl sites for hydroxylation is 2. The third-order valence-corrected chi connectivity index (χ3v) is 9.90. The Morgan fingerprint density at radius 1 is 0.556 bits per heavy atom. The van der Waals surface area contributed by atoms with Crippen LogP contribution in [-0.2, 0) is 12.8 Å².